The molecule has 31 heavy (non-hydrogen) atoms. The molecule has 0 aliphatic heterocycles. The first kappa shape index (κ1) is 21.6. The van der Waals surface area contributed by atoms with Crippen molar-refractivity contribution in [1.29, 1.82) is 0 Å². The number of benzene rings is 2. The van der Waals surface area contributed by atoms with Crippen LogP contribution < -0.4 is 4.90 Å². The summed E-state index contributed by atoms with van der Waals surface area (Å²) < 4.78 is 2.06. The lowest BCUT2D eigenvalue weighted by Gasteiger charge is -2.21. The quantitative estimate of drug-likeness (QED) is 0.306. The Kier molecular flexibility index (Phi) is 6.73. The van der Waals surface area contributed by atoms with Gasteiger partial charge in [0.15, 0.2) is 11.0 Å². The number of nitrogens with zero attached hydrogens (tertiary/aromatic N) is 5. The number of rotatable bonds is 8. The number of thiazole rings is 1. The Morgan fingerprint density at radius 1 is 0.935 bits per heavy atom. The van der Waals surface area contributed by atoms with Crippen LogP contribution in [0.2, 0.25) is 0 Å². The van der Waals surface area contributed by atoms with Gasteiger partial charge in [0.1, 0.15) is 5.01 Å². The van der Waals surface area contributed by atoms with Gasteiger partial charge in [-0.05, 0) is 45.0 Å². The number of hydrogen-bond donors (Lipinski definition) is 0. The molecule has 160 valence electrons. The number of hydrogen-bond acceptors (Lipinski definition) is 6. The highest BCUT2D eigenvalue weighted by molar-refractivity contribution is 7.98. The third kappa shape index (κ3) is 4.83. The van der Waals surface area contributed by atoms with Crippen LogP contribution in [0.15, 0.2) is 59.1 Å². The first-order valence-corrected chi connectivity index (χ1v) is 12.3. The molecule has 0 saturated carbocycles. The molecular weight excluding hydrogens is 422 g/mol. The molecule has 0 aliphatic rings. The van der Waals surface area contributed by atoms with E-state index in [0.29, 0.717) is 0 Å². The summed E-state index contributed by atoms with van der Waals surface area (Å²) in [4.78, 5) is 7.13. The Morgan fingerprint density at radius 3 is 2.29 bits per heavy atom. The van der Waals surface area contributed by atoms with Crippen molar-refractivity contribution in [2.45, 2.75) is 31.7 Å². The van der Waals surface area contributed by atoms with Gasteiger partial charge in [0, 0.05) is 48.1 Å². The molecule has 0 fully saturated rings. The van der Waals surface area contributed by atoms with Crippen molar-refractivity contribution in [2.75, 3.05) is 18.0 Å². The van der Waals surface area contributed by atoms with E-state index in [0.717, 1.165) is 46.1 Å². The third-order valence-electron chi connectivity index (χ3n) is 5.29. The zero-order valence-corrected chi connectivity index (χ0v) is 20.0. The summed E-state index contributed by atoms with van der Waals surface area (Å²) in [6.07, 6.45) is 0. The van der Waals surface area contributed by atoms with E-state index in [9.17, 15) is 0 Å². The SMILES string of the molecule is CCN(CC)c1ccc(-c2nnc(SCc3csc(-c4ccc(C)cc4)n3)n2C)cc1. The van der Waals surface area contributed by atoms with E-state index < -0.39 is 0 Å². The van der Waals surface area contributed by atoms with Crippen molar-refractivity contribution in [1.82, 2.24) is 19.7 Å². The molecule has 0 bridgehead atoms. The molecule has 0 saturated heterocycles. The fraction of sp³-hybridized carbons (Fsp3) is 0.292. The summed E-state index contributed by atoms with van der Waals surface area (Å²) >= 11 is 3.35. The van der Waals surface area contributed by atoms with Gasteiger partial charge in [-0.1, -0.05) is 41.6 Å². The summed E-state index contributed by atoms with van der Waals surface area (Å²) in [5.74, 6) is 1.65. The van der Waals surface area contributed by atoms with Gasteiger partial charge in [-0.2, -0.15) is 0 Å². The molecule has 0 unspecified atom stereocenters. The number of thioether (sulfide) groups is 1. The van der Waals surface area contributed by atoms with Gasteiger partial charge in [0.25, 0.3) is 0 Å². The van der Waals surface area contributed by atoms with Gasteiger partial charge in [-0.3, -0.25) is 0 Å². The highest BCUT2D eigenvalue weighted by atomic mass is 32.2. The minimum Gasteiger partial charge on any atom is -0.372 e. The molecule has 0 atom stereocenters. The van der Waals surface area contributed by atoms with E-state index in [1.165, 1.54) is 16.8 Å². The van der Waals surface area contributed by atoms with E-state index >= 15 is 0 Å². The Balaban J connectivity index is 1.44. The van der Waals surface area contributed by atoms with Crippen molar-refractivity contribution in [2.24, 2.45) is 7.05 Å². The van der Waals surface area contributed by atoms with Crippen LogP contribution in [0.5, 0.6) is 0 Å². The van der Waals surface area contributed by atoms with Gasteiger partial charge in [0.2, 0.25) is 0 Å². The summed E-state index contributed by atoms with van der Waals surface area (Å²) in [6, 6.07) is 17.1. The average Bonchev–Trinajstić information content (AvgIpc) is 3.41. The van der Waals surface area contributed by atoms with E-state index in [1.807, 2.05) is 7.05 Å². The highest BCUT2D eigenvalue weighted by Gasteiger charge is 2.13. The Hall–Kier alpha value is -2.64. The lowest BCUT2D eigenvalue weighted by molar-refractivity contribution is 0.793. The number of aryl methyl sites for hydroxylation is 1. The maximum absolute atomic E-state index is 4.80. The van der Waals surface area contributed by atoms with Gasteiger partial charge in [-0.15, -0.1) is 21.5 Å². The predicted molar refractivity (Wildman–Crippen MR) is 132 cm³/mol. The predicted octanol–water partition coefficient (Wildman–Crippen LogP) is 6.05. The third-order valence-corrected chi connectivity index (χ3v) is 7.28. The van der Waals surface area contributed by atoms with E-state index in [1.54, 1.807) is 23.1 Å². The van der Waals surface area contributed by atoms with Crippen molar-refractivity contribution in [3.05, 3.63) is 65.2 Å². The fourth-order valence-corrected chi connectivity index (χ4v) is 5.18. The van der Waals surface area contributed by atoms with Crippen LogP contribution in [0.25, 0.3) is 22.0 Å². The second-order valence-corrected chi connectivity index (χ2v) is 9.18. The van der Waals surface area contributed by atoms with Crippen LogP contribution in [0, 0.1) is 6.92 Å². The summed E-state index contributed by atoms with van der Waals surface area (Å²) in [7, 11) is 2.02. The minimum atomic E-state index is 0.773. The Morgan fingerprint density at radius 2 is 1.61 bits per heavy atom. The van der Waals surface area contributed by atoms with Crippen LogP contribution in [0.3, 0.4) is 0 Å². The standard InChI is InChI=1S/C24H27N5S2/c1-5-29(6-2)21-13-11-18(12-14-21)22-26-27-24(28(22)4)31-16-20-15-30-23(25-20)19-9-7-17(3)8-10-19/h7-15H,5-6,16H2,1-4H3. The lowest BCUT2D eigenvalue weighted by atomic mass is 10.2. The van der Waals surface area contributed by atoms with Crippen LogP contribution in [0.1, 0.15) is 25.1 Å². The highest BCUT2D eigenvalue weighted by Crippen LogP contribution is 2.29. The molecular formula is C24H27N5S2. The normalized spacial score (nSPS) is 11.1. The second kappa shape index (κ2) is 9.66. The monoisotopic (exact) mass is 449 g/mol. The summed E-state index contributed by atoms with van der Waals surface area (Å²) in [5, 5.41) is 12.9. The van der Waals surface area contributed by atoms with Crippen LogP contribution in [-0.2, 0) is 12.8 Å². The number of anilines is 1. The van der Waals surface area contributed by atoms with Crippen molar-refractivity contribution in [3.8, 4) is 22.0 Å². The first-order chi connectivity index (χ1) is 15.1. The van der Waals surface area contributed by atoms with Crippen molar-refractivity contribution in [3.63, 3.8) is 0 Å². The molecule has 0 amide bonds. The molecule has 0 spiro atoms. The minimum absolute atomic E-state index is 0.773. The molecule has 7 heteroatoms. The van der Waals surface area contributed by atoms with E-state index in [-0.39, 0.29) is 0 Å². The summed E-state index contributed by atoms with van der Waals surface area (Å²) in [6.45, 7) is 8.46. The molecule has 0 radical (unpaired) electrons. The first-order valence-electron chi connectivity index (χ1n) is 10.5. The Labute approximate surface area is 192 Å². The zero-order chi connectivity index (χ0) is 21.8. The second-order valence-electron chi connectivity index (χ2n) is 7.38. The summed E-state index contributed by atoms with van der Waals surface area (Å²) in [5.41, 5.74) is 5.81. The molecule has 2 heterocycles. The van der Waals surface area contributed by atoms with Crippen LogP contribution in [0.4, 0.5) is 5.69 Å². The molecule has 0 N–H and O–H groups in total. The van der Waals surface area contributed by atoms with E-state index in [4.69, 9.17) is 4.98 Å². The maximum Gasteiger partial charge on any atom is 0.191 e. The number of aromatic nitrogens is 4. The van der Waals surface area contributed by atoms with Crippen molar-refractivity contribution < 1.29 is 0 Å². The maximum atomic E-state index is 4.80. The van der Waals surface area contributed by atoms with E-state index in [2.05, 4.69) is 94.3 Å². The van der Waals surface area contributed by atoms with Crippen molar-refractivity contribution >= 4 is 28.8 Å². The van der Waals surface area contributed by atoms with Crippen LogP contribution >= 0.6 is 23.1 Å². The van der Waals surface area contributed by atoms with Gasteiger partial charge in [0.05, 0.1) is 5.69 Å². The Bertz CT molecular complexity index is 1130. The molecule has 4 rings (SSSR count). The molecule has 4 aromatic rings. The molecule has 0 aliphatic carbocycles. The molecule has 2 aromatic heterocycles. The zero-order valence-electron chi connectivity index (χ0n) is 18.4. The van der Waals surface area contributed by atoms with Crippen LogP contribution in [-0.4, -0.2) is 32.8 Å². The topological polar surface area (TPSA) is 46.8 Å². The van der Waals surface area contributed by atoms with Gasteiger partial charge in [-0.25, -0.2) is 4.98 Å². The lowest BCUT2D eigenvalue weighted by Crippen LogP contribution is -2.21. The fourth-order valence-electron chi connectivity index (χ4n) is 3.44. The molecule has 5 nitrogen and oxygen atoms in total. The smallest absolute Gasteiger partial charge is 0.191 e. The molecule has 2 aromatic carbocycles. The van der Waals surface area contributed by atoms with Gasteiger partial charge >= 0.3 is 0 Å². The van der Waals surface area contributed by atoms with Gasteiger partial charge < -0.3 is 9.47 Å². The largest absolute Gasteiger partial charge is 0.372 e. The average molecular weight is 450 g/mol.